The first-order valence-electron chi connectivity index (χ1n) is 8.88. The molecular weight excluding hydrogens is 330 g/mol. The minimum atomic E-state index is -0.614. The number of aryl methyl sites for hydroxylation is 2. The van der Waals surface area contributed by atoms with Crippen molar-refractivity contribution < 1.29 is 19.1 Å². The summed E-state index contributed by atoms with van der Waals surface area (Å²) in [5.41, 5.74) is 2.56. The summed E-state index contributed by atoms with van der Waals surface area (Å²) < 4.78 is 10.7. The molecule has 0 spiro atoms. The molecule has 0 radical (unpaired) electrons. The monoisotopic (exact) mass is 357 g/mol. The van der Waals surface area contributed by atoms with Crippen molar-refractivity contribution in [2.45, 2.75) is 53.1 Å². The van der Waals surface area contributed by atoms with Crippen LogP contribution in [0.2, 0.25) is 0 Å². The molecule has 0 fully saturated rings. The molecule has 0 amide bonds. The average Bonchev–Trinajstić information content (AvgIpc) is 2.89. The van der Waals surface area contributed by atoms with E-state index in [9.17, 15) is 9.59 Å². The van der Waals surface area contributed by atoms with E-state index < -0.39 is 17.5 Å². The van der Waals surface area contributed by atoms with Crippen molar-refractivity contribution in [3.63, 3.8) is 0 Å². The molecule has 1 aromatic heterocycles. The first kappa shape index (κ1) is 19.8. The van der Waals surface area contributed by atoms with E-state index in [0.717, 1.165) is 5.56 Å². The van der Waals surface area contributed by atoms with E-state index in [1.54, 1.807) is 13.8 Å². The van der Waals surface area contributed by atoms with Crippen molar-refractivity contribution in [2.24, 2.45) is 0 Å². The number of rotatable bonds is 6. The lowest BCUT2D eigenvalue weighted by Crippen LogP contribution is -2.25. The maximum Gasteiger partial charge on any atom is 0.355 e. The summed E-state index contributed by atoms with van der Waals surface area (Å²) in [5.74, 6) is -0.877. The van der Waals surface area contributed by atoms with Gasteiger partial charge >= 0.3 is 11.9 Å². The molecule has 0 unspecified atom stereocenters. The van der Waals surface area contributed by atoms with Gasteiger partial charge in [0.1, 0.15) is 11.3 Å². The van der Waals surface area contributed by atoms with Crippen LogP contribution in [0.1, 0.15) is 65.4 Å². The number of carbonyl (C=O) groups excluding carboxylic acids is 2. The van der Waals surface area contributed by atoms with Crippen molar-refractivity contribution in [2.75, 3.05) is 6.61 Å². The first-order valence-corrected chi connectivity index (χ1v) is 8.88. The van der Waals surface area contributed by atoms with Crippen LogP contribution in [0.3, 0.4) is 0 Å². The van der Waals surface area contributed by atoms with Crippen LogP contribution in [0.5, 0.6) is 0 Å². The van der Waals surface area contributed by atoms with Crippen molar-refractivity contribution in [1.82, 2.24) is 4.98 Å². The maximum atomic E-state index is 12.6. The zero-order valence-electron chi connectivity index (χ0n) is 16.1. The molecule has 0 aliphatic heterocycles. The molecule has 140 valence electrons. The molecule has 0 aliphatic rings. The van der Waals surface area contributed by atoms with Crippen LogP contribution in [0, 0.1) is 6.92 Å². The Kier molecular flexibility index (Phi) is 6.24. The smallest absolute Gasteiger partial charge is 0.355 e. The van der Waals surface area contributed by atoms with Gasteiger partial charge in [0.05, 0.1) is 12.2 Å². The third-order valence-electron chi connectivity index (χ3n) is 3.88. The maximum absolute atomic E-state index is 12.6. The average molecular weight is 357 g/mol. The standard InChI is InChI=1S/C21H27NO4/c1-6-25-19(23)17-14(2)22-18(20(24)26-21(3,4)5)16(17)13-12-15-10-8-7-9-11-15/h7-11,22H,6,12-13H2,1-5H3. The van der Waals surface area contributed by atoms with Crippen LogP contribution in [0.15, 0.2) is 30.3 Å². The summed E-state index contributed by atoms with van der Waals surface area (Å²) >= 11 is 0. The summed E-state index contributed by atoms with van der Waals surface area (Å²) in [7, 11) is 0. The Bertz CT molecular complexity index is 769. The van der Waals surface area contributed by atoms with Gasteiger partial charge < -0.3 is 14.5 Å². The van der Waals surface area contributed by atoms with Gasteiger partial charge in [-0.15, -0.1) is 0 Å². The van der Waals surface area contributed by atoms with Gasteiger partial charge in [0.15, 0.2) is 0 Å². The van der Waals surface area contributed by atoms with Crippen molar-refractivity contribution in [3.05, 3.63) is 58.4 Å². The lowest BCUT2D eigenvalue weighted by Gasteiger charge is -2.19. The second kappa shape index (κ2) is 8.21. The van der Waals surface area contributed by atoms with Gasteiger partial charge in [-0.2, -0.15) is 0 Å². The molecule has 0 aliphatic carbocycles. The summed E-state index contributed by atoms with van der Waals surface area (Å²) in [5, 5.41) is 0. The van der Waals surface area contributed by atoms with Gasteiger partial charge in [-0.1, -0.05) is 30.3 Å². The Morgan fingerprint density at radius 3 is 2.27 bits per heavy atom. The zero-order chi connectivity index (χ0) is 19.3. The van der Waals surface area contributed by atoms with Gasteiger partial charge in [-0.25, -0.2) is 9.59 Å². The van der Waals surface area contributed by atoms with Crippen LogP contribution in [-0.4, -0.2) is 29.1 Å². The van der Waals surface area contributed by atoms with E-state index in [0.29, 0.717) is 35.4 Å². The van der Waals surface area contributed by atoms with Crippen molar-refractivity contribution >= 4 is 11.9 Å². The number of esters is 2. The van der Waals surface area contributed by atoms with Gasteiger partial charge in [0.2, 0.25) is 0 Å². The molecule has 0 bridgehead atoms. The number of hydrogen-bond acceptors (Lipinski definition) is 4. The first-order chi connectivity index (χ1) is 12.2. The number of H-pyrrole nitrogens is 1. The van der Waals surface area contributed by atoms with E-state index >= 15 is 0 Å². The SMILES string of the molecule is CCOC(=O)c1c(C)[nH]c(C(=O)OC(C)(C)C)c1CCc1ccccc1. The number of aromatic nitrogens is 1. The van der Waals surface area contributed by atoms with Gasteiger partial charge in [0.25, 0.3) is 0 Å². The predicted molar refractivity (Wildman–Crippen MR) is 101 cm³/mol. The molecule has 1 N–H and O–H groups in total. The molecule has 0 saturated carbocycles. The van der Waals surface area contributed by atoms with E-state index in [1.165, 1.54) is 0 Å². The van der Waals surface area contributed by atoms with Crippen LogP contribution in [0.25, 0.3) is 0 Å². The van der Waals surface area contributed by atoms with Gasteiger partial charge in [0, 0.05) is 5.69 Å². The fourth-order valence-electron chi connectivity index (χ4n) is 2.82. The highest BCUT2D eigenvalue weighted by Crippen LogP contribution is 2.24. The van der Waals surface area contributed by atoms with Gasteiger partial charge in [-0.3, -0.25) is 0 Å². The van der Waals surface area contributed by atoms with Crippen molar-refractivity contribution in [1.29, 1.82) is 0 Å². The molecule has 0 saturated heterocycles. The molecule has 0 atom stereocenters. The summed E-state index contributed by atoms with van der Waals surface area (Å²) in [6, 6.07) is 9.95. The molecule has 2 rings (SSSR count). The highest BCUT2D eigenvalue weighted by Gasteiger charge is 2.28. The fourth-order valence-corrected chi connectivity index (χ4v) is 2.82. The number of aromatic amines is 1. The fraction of sp³-hybridized carbons (Fsp3) is 0.429. The summed E-state index contributed by atoms with van der Waals surface area (Å²) in [6.45, 7) is 9.26. The Morgan fingerprint density at radius 1 is 1.04 bits per heavy atom. The predicted octanol–water partition coefficient (Wildman–Crippen LogP) is 4.24. The van der Waals surface area contributed by atoms with E-state index in [1.807, 2.05) is 51.1 Å². The molecule has 5 heteroatoms. The van der Waals surface area contributed by atoms with Crippen molar-refractivity contribution in [3.8, 4) is 0 Å². The minimum Gasteiger partial charge on any atom is -0.462 e. The van der Waals surface area contributed by atoms with E-state index in [-0.39, 0.29) is 6.61 Å². The normalized spacial score (nSPS) is 11.3. The zero-order valence-corrected chi connectivity index (χ0v) is 16.1. The quantitative estimate of drug-likeness (QED) is 0.785. The van der Waals surface area contributed by atoms with Crippen LogP contribution < -0.4 is 0 Å². The highest BCUT2D eigenvalue weighted by molar-refractivity contribution is 5.98. The lowest BCUT2D eigenvalue weighted by molar-refractivity contribution is 0.00622. The number of carbonyl (C=O) groups is 2. The number of hydrogen-bond donors (Lipinski definition) is 1. The largest absolute Gasteiger partial charge is 0.462 e. The third-order valence-corrected chi connectivity index (χ3v) is 3.88. The summed E-state index contributed by atoms with van der Waals surface area (Å²) in [4.78, 5) is 28.1. The van der Waals surface area contributed by atoms with Crippen LogP contribution >= 0.6 is 0 Å². The van der Waals surface area contributed by atoms with Gasteiger partial charge in [-0.05, 0) is 58.6 Å². The summed E-state index contributed by atoms with van der Waals surface area (Å²) in [6.07, 6.45) is 1.25. The topological polar surface area (TPSA) is 68.4 Å². The Hall–Kier alpha value is -2.56. The molecule has 26 heavy (non-hydrogen) atoms. The Balaban J connectivity index is 2.39. The molecule has 2 aromatic rings. The molecule has 1 aromatic carbocycles. The molecule has 1 heterocycles. The molecular formula is C21H27NO4. The number of benzene rings is 1. The minimum absolute atomic E-state index is 0.281. The highest BCUT2D eigenvalue weighted by atomic mass is 16.6. The second-order valence-corrected chi connectivity index (χ2v) is 7.19. The molecule has 5 nitrogen and oxygen atoms in total. The van der Waals surface area contributed by atoms with Crippen LogP contribution in [0.4, 0.5) is 0 Å². The second-order valence-electron chi connectivity index (χ2n) is 7.19. The number of ether oxygens (including phenoxy) is 2. The Labute approximate surface area is 154 Å². The Morgan fingerprint density at radius 2 is 1.69 bits per heavy atom. The third kappa shape index (κ3) is 4.97. The lowest BCUT2D eigenvalue weighted by atomic mass is 10.00. The van der Waals surface area contributed by atoms with E-state index in [4.69, 9.17) is 9.47 Å². The van der Waals surface area contributed by atoms with Crippen LogP contribution in [-0.2, 0) is 22.3 Å². The number of nitrogens with one attached hydrogen (secondary N) is 1. The van der Waals surface area contributed by atoms with E-state index in [2.05, 4.69) is 4.98 Å².